The first-order valence-corrected chi connectivity index (χ1v) is 22.0. The minimum absolute atomic E-state index is 0.0203. The van der Waals surface area contributed by atoms with Gasteiger partial charge in [0.2, 0.25) is 0 Å². The van der Waals surface area contributed by atoms with Crippen LogP contribution in [0.4, 0.5) is 0 Å². The number of benzene rings is 1. The summed E-state index contributed by atoms with van der Waals surface area (Å²) in [5.41, 5.74) is 1.83. The molecule has 6 rings (SSSR count). The Morgan fingerprint density at radius 2 is 1.71 bits per heavy atom. The Morgan fingerprint density at radius 1 is 1.00 bits per heavy atom. The molecule has 4 fully saturated rings. The van der Waals surface area contributed by atoms with Crippen LogP contribution in [0.5, 0.6) is 0 Å². The zero-order chi connectivity index (χ0) is 41.2. The Kier molecular flexibility index (Phi) is 12.2. The van der Waals surface area contributed by atoms with Gasteiger partial charge < -0.3 is 19.8 Å². The third-order valence-corrected chi connectivity index (χ3v) is 16.9. The van der Waals surface area contributed by atoms with Crippen molar-refractivity contribution in [2.45, 2.75) is 138 Å². The summed E-state index contributed by atoms with van der Waals surface area (Å²) in [7, 11) is 4.16. The average Bonchev–Trinajstić information content (AvgIpc) is 3.42. The Morgan fingerprint density at radius 3 is 2.36 bits per heavy atom. The molecule has 2 N–H and O–H groups in total. The number of ether oxygens (including phenoxy) is 1. The number of aliphatic hydroxyl groups excluding tert-OH is 1. The number of ketones is 1. The molecule has 4 saturated carbocycles. The normalized spacial score (nSPS) is 36.3. The van der Waals surface area contributed by atoms with Crippen molar-refractivity contribution < 1.29 is 29.3 Å². The standard InChI is InChI=1S/C47H71ClN2O6/c1-29(2)40-35(51)25-47(38(52)28-50(23-22-49(9)10)27-31-12-11-13-32(48)24-31)21-20-45(7)34(41(40)47)14-15-37-44(6)18-17-36(30(3)33(44)16-19-46(37,45)8)56-39(53)26-43(4,5)42(54)55/h11-13,24,29-30,33-34,36-38,52H,14-23,25-28H2,1-10H3,(H,54,55)/t30-,33+,34-,36+,37-,38+,44+,45-,46-,47+/m1/s1. The predicted molar refractivity (Wildman–Crippen MR) is 222 cm³/mol. The van der Waals surface area contributed by atoms with E-state index in [0.717, 1.165) is 75.6 Å². The van der Waals surface area contributed by atoms with Gasteiger partial charge >= 0.3 is 11.9 Å². The molecule has 56 heavy (non-hydrogen) atoms. The largest absolute Gasteiger partial charge is 0.481 e. The van der Waals surface area contributed by atoms with E-state index in [1.54, 1.807) is 13.8 Å². The number of fused-ring (bicyclic) bond motifs is 7. The summed E-state index contributed by atoms with van der Waals surface area (Å²) in [6.45, 7) is 20.2. The molecule has 0 heterocycles. The summed E-state index contributed by atoms with van der Waals surface area (Å²) in [5, 5.41) is 23.0. The van der Waals surface area contributed by atoms with Crippen molar-refractivity contribution in [2.75, 3.05) is 33.7 Å². The number of hydrogen-bond acceptors (Lipinski definition) is 7. The van der Waals surface area contributed by atoms with Crippen LogP contribution >= 0.6 is 11.6 Å². The summed E-state index contributed by atoms with van der Waals surface area (Å²) >= 11 is 6.41. The van der Waals surface area contributed by atoms with E-state index in [2.05, 4.69) is 71.5 Å². The number of allylic oxidation sites excluding steroid dienone is 1. The molecule has 0 spiro atoms. The van der Waals surface area contributed by atoms with Crippen LogP contribution in [-0.2, 0) is 25.7 Å². The fourth-order valence-electron chi connectivity index (χ4n) is 13.4. The Labute approximate surface area is 342 Å². The van der Waals surface area contributed by atoms with Gasteiger partial charge in [0.15, 0.2) is 5.78 Å². The molecule has 312 valence electrons. The van der Waals surface area contributed by atoms with Crippen LogP contribution in [0.3, 0.4) is 0 Å². The fourth-order valence-corrected chi connectivity index (χ4v) is 13.6. The SMILES string of the molecule is CC(C)C1=C2[C@H]3CC[C@@H]4[C@@]5(C)CC[C@H](OC(=O)CC(C)(C)C(=O)O)[C@H](C)[C@@H]5CC[C@@]4(C)[C@]3(C)CC[C@@]2([C@@H](O)CN(CCN(C)C)Cc2cccc(Cl)c2)CC1=O. The molecule has 0 aliphatic heterocycles. The summed E-state index contributed by atoms with van der Waals surface area (Å²) < 4.78 is 6.09. The molecule has 0 unspecified atom stereocenters. The van der Waals surface area contributed by atoms with Crippen molar-refractivity contribution in [3.8, 4) is 0 Å². The molecule has 0 bridgehead atoms. The van der Waals surface area contributed by atoms with E-state index < -0.39 is 28.9 Å². The lowest BCUT2D eigenvalue weighted by Crippen LogP contribution is -2.65. The van der Waals surface area contributed by atoms with Crippen LogP contribution in [0.15, 0.2) is 35.4 Å². The summed E-state index contributed by atoms with van der Waals surface area (Å²) in [5.74, 6) is 0.287. The van der Waals surface area contributed by atoms with E-state index in [1.165, 1.54) is 5.57 Å². The molecule has 1 aromatic carbocycles. The number of halogens is 1. The van der Waals surface area contributed by atoms with E-state index in [0.29, 0.717) is 36.4 Å². The van der Waals surface area contributed by atoms with Gasteiger partial charge in [-0.25, -0.2) is 0 Å². The predicted octanol–water partition coefficient (Wildman–Crippen LogP) is 9.07. The highest BCUT2D eigenvalue weighted by atomic mass is 35.5. The smallest absolute Gasteiger partial charge is 0.309 e. The van der Waals surface area contributed by atoms with Crippen molar-refractivity contribution in [1.29, 1.82) is 0 Å². The Balaban J connectivity index is 1.27. The van der Waals surface area contributed by atoms with Crippen molar-refractivity contribution in [2.24, 2.45) is 56.7 Å². The van der Waals surface area contributed by atoms with Crippen molar-refractivity contribution in [3.05, 3.63) is 46.0 Å². The fraction of sp³-hybridized carbons (Fsp3) is 0.766. The number of aliphatic carboxylic acids is 1. The van der Waals surface area contributed by atoms with Crippen LogP contribution < -0.4 is 0 Å². The molecule has 1 aromatic rings. The van der Waals surface area contributed by atoms with E-state index in [9.17, 15) is 24.6 Å². The lowest BCUT2D eigenvalue weighted by atomic mass is 9.34. The van der Waals surface area contributed by atoms with Gasteiger partial charge in [0, 0.05) is 43.0 Å². The zero-order valence-corrected chi connectivity index (χ0v) is 36.8. The minimum Gasteiger partial charge on any atom is -0.481 e. The van der Waals surface area contributed by atoms with Gasteiger partial charge in [0.05, 0.1) is 17.9 Å². The molecule has 0 amide bonds. The molecule has 0 aromatic heterocycles. The molecule has 0 radical (unpaired) electrons. The Hall–Kier alpha value is -2.26. The van der Waals surface area contributed by atoms with Gasteiger partial charge in [-0.1, -0.05) is 70.8 Å². The van der Waals surface area contributed by atoms with Crippen LogP contribution in [0.1, 0.15) is 125 Å². The topological polar surface area (TPSA) is 107 Å². The number of carbonyl (C=O) groups is 3. The molecule has 5 aliphatic carbocycles. The number of likely N-dealkylation sites (N-methyl/N-ethyl adjacent to an activating group) is 1. The summed E-state index contributed by atoms with van der Waals surface area (Å²) in [6.07, 6.45) is 7.28. The molecule has 5 aliphatic rings. The highest BCUT2D eigenvalue weighted by molar-refractivity contribution is 6.30. The van der Waals surface area contributed by atoms with Gasteiger partial charge in [0.1, 0.15) is 6.10 Å². The van der Waals surface area contributed by atoms with Crippen LogP contribution in [0.2, 0.25) is 5.02 Å². The number of nitrogens with zero attached hydrogens (tertiary/aromatic N) is 2. The highest BCUT2D eigenvalue weighted by Gasteiger charge is 2.69. The minimum atomic E-state index is -1.16. The van der Waals surface area contributed by atoms with E-state index >= 15 is 0 Å². The molecular weight excluding hydrogens is 724 g/mol. The number of esters is 1. The van der Waals surface area contributed by atoms with Crippen molar-refractivity contribution in [1.82, 2.24) is 9.80 Å². The highest BCUT2D eigenvalue weighted by Crippen LogP contribution is 2.76. The van der Waals surface area contributed by atoms with Gasteiger partial charge in [0.25, 0.3) is 0 Å². The van der Waals surface area contributed by atoms with Crippen LogP contribution in [-0.4, -0.2) is 83.7 Å². The van der Waals surface area contributed by atoms with E-state index in [-0.39, 0.29) is 52.3 Å². The summed E-state index contributed by atoms with van der Waals surface area (Å²) in [6, 6.07) is 8.00. The van der Waals surface area contributed by atoms with Gasteiger partial charge in [-0.3, -0.25) is 19.3 Å². The van der Waals surface area contributed by atoms with Crippen LogP contribution in [0, 0.1) is 56.7 Å². The first kappa shape index (κ1) is 43.3. The number of carbonyl (C=O) groups excluding carboxylic acids is 2. The Bertz CT molecular complexity index is 1710. The maximum Gasteiger partial charge on any atom is 0.309 e. The third-order valence-electron chi connectivity index (χ3n) is 16.7. The maximum absolute atomic E-state index is 14.3. The zero-order valence-electron chi connectivity index (χ0n) is 36.1. The molecule has 0 saturated heterocycles. The summed E-state index contributed by atoms with van der Waals surface area (Å²) in [4.78, 5) is 43.6. The first-order chi connectivity index (χ1) is 26.1. The second-order valence-electron chi connectivity index (χ2n) is 20.9. The quantitative estimate of drug-likeness (QED) is 0.191. The third kappa shape index (κ3) is 7.45. The molecule has 10 atom stereocenters. The maximum atomic E-state index is 14.3. The molecular formula is C47H71ClN2O6. The number of rotatable bonds is 13. The number of hydrogen-bond donors (Lipinski definition) is 2. The van der Waals surface area contributed by atoms with Crippen molar-refractivity contribution in [3.63, 3.8) is 0 Å². The molecule has 8 nitrogen and oxygen atoms in total. The molecule has 9 heteroatoms. The average molecular weight is 796 g/mol. The lowest BCUT2D eigenvalue weighted by molar-refractivity contribution is -0.218. The monoisotopic (exact) mass is 795 g/mol. The second kappa shape index (κ2) is 15.7. The number of Topliss-reactive ketones (excluding diaryl/α,β-unsaturated/α-hetero) is 1. The number of aliphatic hydroxyl groups is 1. The van der Waals surface area contributed by atoms with E-state index in [1.807, 2.05) is 18.2 Å². The number of carboxylic acid groups (broad SMARTS) is 1. The number of carboxylic acids is 1. The van der Waals surface area contributed by atoms with Gasteiger partial charge in [-0.15, -0.1) is 0 Å². The first-order valence-electron chi connectivity index (χ1n) is 21.6. The van der Waals surface area contributed by atoms with E-state index in [4.69, 9.17) is 16.3 Å². The van der Waals surface area contributed by atoms with Gasteiger partial charge in [-0.05, 0) is 148 Å². The second-order valence-corrected chi connectivity index (χ2v) is 21.3. The van der Waals surface area contributed by atoms with Crippen LogP contribution in [0.25, 0.3) is 0 Å². The van der Waals surface area contributed by atoms with Gasteiger partial charge in [-0.2, -0.15) is 0 Å². The van der Waals surface area contributed by atoms with Crippen molar-refractivity contribution >= 4 is 29.3 Å². The lowest BCUT2D eigenvalue weighted by Gasteiger charge is -2.71.